The van der Waals surface area contributed by atoms with Gasteiger partial charge in [0.25, 0.3) is 5.91 Å². The molecule has 1 heterocycles. The minimum atomic E-state index is -0.0947. The maximum Gasteiger partial charge on any atom is 0.251 e. The summed E-state index contributed by atoms with van der Waals surface area (Å²) < 4.78 is 1.84. The summed E-state index contributed by atoms with van der Waals surface area (Å²) in [7, 11) is 0. The third-order valence-electron chi connectivity index (χ3n) is 2.56. The largest absolute Gasteiger partial charge is 0.399 e. The summed E-state index contributed by atoms with van der Waals surface area (Å²) in [6, 6.07) is 8.83. The molecule has 5 heteroatoms. The Morgan fingerprint density at radius 2 is 2.28 bits per heavy atom. The molecule has 3 N–H and O–H groups in total. The average molecular weight is 244 g/mol. The van der Waals surface area contributed by atoms with Crippen molar-refractivity contribution in [3.8, 4) is 0 Å². The summed E-state index contributed by atoms with van der Waals surface area (Å²) in [4.78, 5) is 11.8. The topological polar surface area (TPSA) is 72.9 Å². The van der Waals surface area contributed by atoms with Crippen molar-refractivity contribution in [2.75, 3.05) is 12.3 Å². The number of anilines is 1. The quantitative estimate of drug-likeness (QED) is 0.614. The first-order valence-corrected chi connectivity index (χ1v) is 5.87. The number of carbonyl (C=O) groups excluding carboxylic acids is 1. The maximum atomic E-state index is 11.8. The van der Waals surface area contributed by atoms with Crippen LogP contribution in [0.4, 0.5) is 5.69 Å². The molecule has 94 valence electrons. The molecule has 0 bridgehead atoms. The van der Waals surface area contributed by atoms with E-state index >= 15 is 0 Å². The highest BCUT2D eigenvalue weighted by Crippen LogP contribution is 2.05. The van der Waals surface area contributed by atoms with E-state index in [-0.39, 0.29) is 5.91 Å². The van der Waals surface area contributed by atoms with Crippen molar-refractivity contribution in [1.29, 1.82) is 0 Å². The summed E-state index contributed by atoms with van der Waals surface area (Å²) in [5.74, 6) is -0.0947. The highest BCUT2D eigenvalue weighted by atomic mass is 16.1. The van der Waals surface area contributed by atoms with Crippen molar-refractivity contribution < 1.29 is 4.79 Å². The van der Waals surface area contributed by atoms with E-state index in [1.165, 1.54) is 0 Å². The van der Waals surface area contributed by atoms with Crippen LogP contribution in [0.5, 0.6) is 0 Å². The van der Waals surface area contributed by atoms with E-state index in [0.717, 1.165) is 13.0 Å². The van der Waals surface area contributed by atoms with Gasteiger partial charge < -0.3 is 11.1 Å². The molecule has 2 rings (SSSR count). The lowest BCUT2D eigenvalue weighted by Gasteiger charge is -2.06. The van der Waals surface area contributed by atoms with E-state index in [9.17, 15) is 4.79 Å². The predicted molar refractivity (Wildman–Crippen MR) is 70.0 cm³/mol. The fourth-order valence-electron chi connectivity index (χ4n) is 1.66. The molecule has 0 fully saturated rings. The Morgan fingerprint density at radius 1 is 1.39 bits per heavy atom. The molecule has 0 saturated carbocycles. The zero-order chi connectivity index (χ0) is 12.8. The minimum absolute atomic E-state index is 0.0947. The Morgan fingerprint density at radius 3 is 3.00 bits per heavy atom. The van der Waals surface area contributed by atoms with Gasteiger partial charge in [0, 0.05) is 36.7 Å². The Hall–Kier alpha value is -2.30. The number of nitrogen functional groups attached to an aromatic ring is 1. The first-order chi connectivity index (χ1) is 8.75. The van der Waals surface area contributed by atoms with Crippen LogP contribution in [0.25, 0.3) is 0 Å². The monoisotopic (exact) mass is 244 g/mol. The van der Waals surface area contributed by atoms with Crippen molar-refractivity contribution in [2.45, 2.75) is 13.0 Å². The van der Waals surface area contributed by atoms with Crippen LogP contribution >= 0.6 is 0 Å². The number of amides is 1. The Bertz CT molecular complexity index is 507. The third kappa shape index (κ3) is 3.35. The number of nitrogens with two attached hydrogens (primary N) is 1. The van der Waals surface area contributed by atoms with E-state index in [0.29, 0.717) is 17.8 Å². The minimum Gasteiger partial charge on any atom is -0.399 e. The first-order valence-electron chi connectivity index (χ1n) is 5.87. The molecule has 1 amide bonds. The molecule has 1 aromatic carbocycles. The molecule has 2 aromatic rings. The summed E-state index contributed by atoms with van der Waals surface area (Å²) in [6.45, 7) is 1.41. The molecule has 18 heavy (non-hydrogen) atoms. The van der Waals surface area contributed by atoms with Gasteiger partial charge >= 0.3 is 0 Å². The van der Waals surface area contributed by atoms with Crippen molar-refractivity contribution >= 4 is 11.6 Å². The highest BCUT2D eigenvalue weighted by molar-refractivity contribution is 5.94. The van der Waals surface area contributed by atoms with Crippen molar-refractivity contribution in [3.05, 3.63) is 48.3 Å². The Balaban J connectivity index is 1.75. The molecule has 0 aliphatic carbocycles. The van der Waals surface area contributed by atoms with Crippen LogP contribution in [0.2, 0.25) is 0 Å². The SMILES string of the molecule is Nc1cccc(C(=O)NCCCn2cccn2)c1. The molecule has 5 nitrogen and oxygen atoms in total. The van der Waals surface area contributed by atoms with Gasteiger partial charge in [-0.25, -0.2) is 0 Å². The van der Waals surface area contributed by atoms with Crippen molar-refractivity contribution in [2.24, 2.45) is 0 Å². The zero-order valence-electron chi connectivity index (χ0n) is 10.0. The average Bonchev–Trinajstić information content (AvgIpc) is 2.87. The summed E-state index contributed by atoms with van der Waals surface area (Å²) in [5.41, 5.74) is 6.81. The number of aryl methyl sites for hydroxylation is 1. The molecule has 1 aromatic heterocycles. The van der Waals surface area contributed by atoms with Gasteiger partial charge in [-0.1, -0.05) is 6.07 Å². The maximum absolute atomic E-state index is 11.8. The lowest BCUT2D eigenvalue weighted by Crippen LogP contribution is -2.25. The number of nitrogens with zero attached hydrogens (tertiary/aromatic N) is 2. The zero-order valence-corrected chi connectivity index (χ0v) is 10.0. The van der Waals surface area contributed by atoms with Crippen LogP contribution in [0.15, 0.2) is 42.7 Å². The molecule has 0 aliphatic heterocycles. The molecule has 0 spiro atoms. The molecule has 0 aliphatic rings. The summed E-state index contributed by atoms with van der Waals surface area (Å²) in [5, 5.41) is 6.94. The van der Waals surface area contributed by atoms with Crippen LogP contribution in [0.3, 0.4) is 0 Å². The van der Waals surface area contributed by atoms with E-state index in [1.807, 2.05) is 16.9 Å². The normalized spacial score (nSPS) is 10.2. The highest BCUT2D eigenvalue weighted by Gasteiger charge is 2.04. The van der Waals surface area contributed by atoms with Crippen LogP contribution in [0, 0.1) is 0 Å². The van der Waals surface area contributed by atoms with Crippen LogP contribution in [0.1, 0.15) is 16.8 Å². The predicted octanol–water partition coefficient (Wildman–Crippen LogP) is 1.29. The molecule has 0 saturated heterocycles. The first kappa shape index (κ1) is 12.2. The third-order valence-corrected chi connectivity index (χ3v) is 2.56. The summed E-state index contributed by atoms with van der Waals surface area (Å²) in [6.07, 6.45) is 4.49. The van der Waals surface area contributed by atoms with E-state index in [4.69, 9.17) is 5.73 Å². The molecule has 0 unspecified atom stereocenters. The van der Waals surface area contributed by atoms with Gasteiger partial charge in [0.1, 0.15) is 0 Å². The molecular formula is C13H16N4O. The number of aromatic nitrogens is 2. The van der Waals surface area contributed by atoms with Crippen LogP contribution < -0.4 is 11.1 Å². The lowest BCUT2D eigenvalue weighted by atomic mass is 10.2. The second kappa shape index (κ2) is 5.86. The van der Waals surface area contributed by atoms with Gasteiger partial charge in [0.15, 0.2) is 0 Å². The van der Waals surface area contributed by atoms with Gasteiger partial charge in [0.2, 0.25) is 0 Å². The second-order valence-corrected chi connectivity index (χ2v) is 4.00. The molecule has 0 radical (unpaired) electrons. The van der Waals surface area contributed by atoms with Crippen LogP contribution in [-0.4, -0.2) is 22.2 Å². The second-order valence-electron chi connectivity index (χ2n) is 4.00. The van der Waals surface area contributed by atoms with Crippen molar-refractivity contribution in [3.63, 3.8) is 0 Å². The number of nitrogens with one attached hydrogen (secondary N) is 1. The molecule has 0 atom stereocenters. The van der Waals surface area contributed by atoms with E-state index in [1.54, 1.807) is 30.5 Å². The van der Waals surface area contributed by atoms with Gasteiger partial charge in [0.05, 0.1) is 0 Å². The smallest absolute Gasteiger partial charge is 0.251 e. The van der Waals surface area contributed by atoms with Crippen molar-refractivity contribution in [1.82, 2.24) is 15.1 Å². The van der Waals surface area contributed by atoms with E-state index < -0.39 is 0 Å². The standard InChI is InChI=1S/C13H16N4O/c14-12-5-1-4-11(10-12)13(18)15-6-2-8-17-9-3-7-16-17/h1,3-5,7,9-10H,2,6,8,14H2,(H,15,18). The van der Waals surface area contributed by atoms with Gasteiger partial charge in [-0.2, -0.15) is 5.10 Å². The van der Waals surface area contributed by atoms with Gasteiger partial charge in [-0.15, -0.1) is 0 Å². The number of hydrogen-bond acceptors (Lipinski definition) is 3. The Kier molecular flexibility index (Phi) is 3.96. The fraction of sp³-hybridized carbons (Fsp3) is 0.231. The van der Waals surface area contributed by atoms with Crippen LogP contribution in [-0.2, 0) is 6.54 Å². The lowest BCUT2D eigenvalue weighted by molar-refractivity contribution is 0.0952. The number of rotatable bonds is 5. The number of hydrogen-bond donors (Lipinski definition) is 2. The molecular weight excluding hydrogens is 228 g/mol. The summed E-state index contributed by atoms with van der Waals surface area (Å²) >= 11 is 0. The number of benzene rings is 1. The fourth-order valence-corrected chi connectivity index (χ4v) is 1.66. The van der Waals surface area contributed by atoms with E-state index in [2.05, 4.69) is 10.4 Å². The van der Waals surface area contributed by atoms with Gasteiger partial charge in [-0.05, 0) is 30.7 Å². The van der Waals surface area contributed by atoms with Gasteiger partial charge in [-0.3, -0.25) is 9.48 Å². The Labute approximate surface area is 106 Å². The number of carbonyl (C=O) groups is 1.